The van der Waals surface area contributed by atoms with Crippen molar-refractivity contribution in [2.45, 2.75) is 26.3 Å². The van der Waals surface area contributed by atoms with Crippen LogP contribution >= 0.6 is 12.2 Å². The molecule has 122 valence electrons. The second-order valence-electron chi connectivity index (χ2n) is 4.59. The first-order valence-corrected chi connectivity index (χ1v) is 8.64. The summed E-state index contributed by atoms with van der Waals surface area (Å²) >= 11 is 5.02. The van der Waals surface area contributed by atoms with Gasteiger partial charge >= 0.3 is 16.3 Å². The molecule has 0 saturated carbocycles. The Bertz CT molecular complexity index is 475. The normalized spacial score (nSPS) is 19.0. The third kappa shape index (κ3) is 5.06. The van der Waals surface area contributed by atoms with Crippen molar-refractivity contribution in [2.24, 2.45) is 5.73 Å². The predicted octanol–water partition coefficient (Wildman–Crippen LogP) is -0.340. The van der Waals surface area contributed by atoms with E-state index in [9.17, 15) is 13.2 Å². The van der Waals surface area contributed by atoms with Crippen molar-refractivity contribution >= 4 is 33.5 Å². The number of carbonyl (C=O) groups excluding carboxylic acids is 1. The van der Waals surface area contributed by atoms with E-state index in [1.54, 1.807) is 6.92 Å². The summed E-state index contributed by atoms with van der Waals surface area (Å²) in [6.07, 6.45) is -0.183. The number of hydrogen-bond acceptors (Lipinski definition) is 6. The molecule has 1 heterocycles. The smallest absolute Gasteiger partial charge is 0.421 e. The SMILES string of the molecule is CCOC(=O)NS(=O)(=O)N1CCN(C(CC)C(N)=S)CC1. The van der Waals surface area contributed by atoms with E-state index in [4.69, 9.17) is 18.0 Å². The van der Waals surface area contributed by atoms with Gasteiger partial charge in [-0.3, -0.25) is 4.90 Å². The molecule has 1 unspecified atom stereocenters. The first-order chi connectivity index (χ1) is 9.81. The molecule has 3 N–H and O–H groups in total. The fraction of sp³-hybridized carbons (Fsp3) is 0.818. The van der Waals surface area contributed by atoms with Crippen molar-refractivity contribution in [2.75, 3.05) is 32.8 Å². The number of carbonyl (C=O) groups is 1. The molecule has 1 saturated heterocycles. The van der Waals surface area contributed by atoms with Crippen LogP contribution in [0.3, 0.4) is 0 Å². The minimum Gasteiger partial charge on any atom is -0.449 e. The summed E-state index contributed by atoms with van der Waals surface area (Å²) in [5.41, 5.74) is 5.68. The number of thiocarbonyl (C=S) groups is 1. The fourth-order valence-corrected chi connectivity index (χ4v) is 3.58. The van der Waals surface area contributed by atoms with E-state index in [0.29, 0.717) is 18.1 Å². The van der Waals surface area contributed by atoms with Gasteiger partial charge in [0, 0.05) is 26.2 Å². The molecule has 10 heteroatoms. The maximum absolute atomic E-state index is 12.0. The predicted molar refractivity (Wildman–Crippen MR) is 83.1 cm³/mol. The van der Waals surface area contributed by atoms with Gasteiger partial charge < -0.3 is 10.5 Å². The van der Waals surface area contributed by atoms with Crippen molar-refractivity contribution in [3.8, 4) is 0 Å². The van der Waals surface area contributed by atoms with Crippen molar-refractivity contribution in [1.29, 1.82) is 0 Å². The van der Waals surface area contributed by atoms with Gasteiger partial charge in [0.15, 0.2) is 0 Å². The molecule has 1 rings (SSSR count). The Morgan fingerprint density at radius 3 is 2.33 bits per heavy atom. The van der Waals surface area contributed by atoms with E-state index < -0.39 is 16.3 Å². The van der Waals surface area contributed by atoms with Crippen LogP contribution in [-0.4, -0.2) is 67.5 Å². The number of hydrogen-bond donors (Lipinski definition) is 2. The lowest BCUT2D eigenvalue weighted by molar-refractivity contribution is 0.152. The highest BCUT2D eigenvalue weighted by Crippen LogP contribution is 2.12. The van der Waals surface area contributed by atoms with Gasteiger partial charge in [-0.05, 0) is 13.3 Å². The Labute approximate surface area is 130 Å². The van der Waals surface area contributed by atoms with Crippen LogP contribution in [0.15, 0.2) is 0 Å². The lowest BCUT2D eigenvalue weighted by Gasteiger charge is -2.37. The monoisotopic (exact) mass is 338 g/mol. The Balaban J connectivity index is 2.59. The van der Waals surface area contributed by atoms with Crippen LogP contribution in [0.1, 0.15) is 20.3 Å². The largest absolute Gasteiger partial charge is 0.449 e. The summed E-state index contributed by atoms with van der Waals surface area (Å²) in [7, 11) is -3.86. The molecule has 0 aromatic heterocycles. The van der Waals surface area contributed by atoms with E-state index in [2.05, 4.69) is 9.64 Å². The van der Waals surface area contributed by atoms with Crippen molar-refractivity contribution < 1.29 is 17.9 Å². The fourth-order valence-electron chi connectivity index (χ4n) is 2.23. The number of ether oxygens (including phenoxy) is 1. The zero-order valence-electron chi connectivity index (χ0n) is 12.2. The Kier molecular flexibility index (Phi) is 6.78. The molecule has 1 amide bonds. The first kappa shape index (κ1) is 18.1. The molecule has 1 atom stereocenters. The lowest BCUT2D eigenvalue weighted by Crippen LogP contribution is -2.56. The van der Waals surface area contributed by atoms with Gasteiger partial charge in [0.1, 0.15) is 0 Å². The maximum Gasteiger partial charge on any atom is 0.421 e. The third-order valence-corrected chi connectivity index (χ3v) is 5.00. The van der Waals surface area contributed by atoms with E-state index in [1.807, 2.05) is 11.6 Å². The number of amides is 1. The number of piperazine rings is 1. The molecule has 0 radical (unpaired) electrons. The number of nitrogens with one attached hydrogen (secondary N) is 1. The van der Waals surface area contributed by atoms with Gasteiger partial charge in [-0.15, -0.1) is 0 Å². The number of rotatable bonds is 6. The topological polar surface area (TPSA) is 105 Å². The van der Waals surface area contributed by atoms with Crippen LogP contribution in [0.2, 0.25) is 0 Å². The Morgan fingerprint density at radius 2 is 1.90 bits per heavy atom. The molecule has 0 aromatic carbocycles. The van der Waals surface area contributed by atoms with E-state index in [-0.39, 0.29) is 25.7 Å². The highest BCUT2D eigenvalue weighted by atomic mass is 32.2. The standard InChI is InChI=1S/C11H22N4O4S2/c1-3-9(10(12)20)14-5-7-15(8-6-14)21(17,18)13-11(16)19-4-2/h9H,3-8H2,1-2H3,(H2,12,20)(H,13,16). The molecule has 0 aromatic rings. The van der Waals surface area contributed by atoms with Crippen LogP contribution < -0.4 is 10.5 Å². The second kappa shape index (κ2) is 7.87. The summed E-state index contributed by atoms with van der Waals surface area (Å²) in [5, 5.41) is 0. The van der Waals surface area contributed by atoms with Crippen LogP contribution in [0.4, 0.5) is 4.79 Å². The van der Waals surface area contributed by atoms with Gasteiger partial charge in [0.05, 0.1) is 17.6 Å². The van der Waals surface area contributed by atoms with Crippen LogP contribution in [0.5, 0.6) is 0 Å². The van der Waals surface area contributed by atoms with Gasteiger partial charge in [0.25, 0.3) is 0 Å². The van der Waals surface area contributed by atoms with E-state index in [0.717, 1.165) is 6.42 Å². The van der Waals surface area contributed by atoms with Crippen LogP contribution in [0.25, 0.3) is 0 Å². The quantitative estimate of drug-likeness (QED) is 0.638. The summed E-state index contributed by atoms with van der Waals surface area (Å²) < 4.78 is 31.7. The molecule has 0 aliphatic carbocycles. The molecule has 21 heavy (non-hydrogen) atoms. The summed E-state index contributed by atoms with van der Waals surface area (Å²) in [5.74, 6) is 0. The zero-order chi connectivity index (χ0) is 16.0. The summed E-state index contributed by atoms with van der Waals surface area (Å²) in [6.45, 7) is 5.27. The summed E-state index contributed by atoms with van der Waals surface area (Å²) in [4.78, 5) is 13.7. The molecule has 1 fully saturated rings. The number of nitrogens with zero attached hydrogens (tertiary/aromatic N) is 2. The van der Waals surface area contributed by atoms with Crippen molar-refractivity contribution in [1.82, 2.24) is 13.9 Å². The average Bonchev–Trinajstić information content (AvgIpc) is 2.39. The number of nitrogens with two attached hydrogens (primary N) is 1. The Hall–Kier alpha value is -0.970. The molecule has 0 spiro atoms. The van der Waals surface area contributed by atoms with Crippen LogP contribution in [0, 0.1) is 0 Å². The minimum atomic E-state index is -3.86. The van der Waals surface area contributed by atoms with Gasteiger partial charge in [0.2, 0.25) is 0 Å². The van der Waals surface area contributed by atoms with Gasteiger partial charge in [-0.25, -0.2) is 9.52 Å². The molecular weight excluding hydrogens is 316 g/mol. The maximum atomic E-state index is 12.0. The second-order valence-corrected chi connectivity index (χ2v) is 6.73. The van der Waals surface area contributed by atoms with Crippen molar-refractivity contribution in [3.63, 3.8) is 0 Å². The van der Waals surface area contributed by atoms with E-state index >= 15 is 0 Å². The highest BCUT2D eigenvalue weighted by Gasteiger charge is 2.31. The Morgan fingerprint density at radius 1 is 1.33 bits per heavy atom. The molecule has 1 aliphatic rings. The highest BCUT2D eigenvalue weighted by molar-refractivity contribution is 7.87. The van der Waals surface area contributed by atoms with Gasteiger partial charge in [-0.1, -0.05) is 19.1 Å². The minimum absolute atomic E-state index is 0.0251. The van der Waals surface area contributed by atoms with Crippen LogP contribution in [-0.2, 0) is 14.9 Å². The molecule has 1 aliphatic heterocycles. The summed E-state index contributed by atoms with van der Waals surface area (Å²) in [6, 6.07) is -0.0251. The first-order valence-electron chi connectivity index (χ1n) is 6.79. The third-order valence-electron chi connectivity index (χ3n) is 3.26. The zero-order valence-corrected chi connectivity index (χ0v) is 13.9. The van der Waals surface area contributed by atoms with Gasteiger partial charge in [-0.2, -0.15) is 12.7 Å². The lowest BCUT2D eigenvalue weighted by atomic mass is 10.1. The molecule has 0 bridgehead atoms. The van der Waals surface area contributed by atoms with E-state index in [1.165, 1.54) is 4.31 Å². The van der Waals surface area contributed by atoms with Crippen molar-refractivity contribution in [3.05, 3.63) is 0 Å². The molecular formula is C11H22N4O4S2. The molecule has 8 nitrogen and oxygen atoms in total. The average molecular weight is 338 g/mol.